The predicted molar refractivity (Wildman–Crippen MR) is 104 cm³/mol. The Bertz CT molecular complexity index is 783. The van der Waals surface area contributed by atoms with Gasteiger partial charge < -0.3 is 54.7 Å². The van der Waals surface area contributed by atoms with Gasteiger partial charge in [0, 0.05) is 6.08 Å². The standard InChI is InChI=1S/C20H26O12/c21-10-4-1-9(2-5-10)3-6-13(23)32-20-18(28)16(26)15(25)12(31-20)8-30-19-17(27)14(24)11(22)7-29-19/h1-6,11-12,14-22,24-28H,7-8H2/b6-3+. The quantitative estimate of drug-likeness (QED) is 0.171. The molecule has 9 unspecified atom stereocenters. The number of aliphatic hydroxyl groups excluding tert-OH is 6. The predicted octanol–water partition coefficient (Wildman–Crippen LogP) is -2.79. The van der Waals surface area contributed by atoms with Crippen LogP contribution in [0.2, 0.25) is 0 Å². The maximum Gasteiger partial charge on any atom is 0.333 e. The van der Waals surface area contributed by atoms with Gasteiger partial charge in [-0.25, -0.2) is 4.79 Å². The fraction of sp³-hybridized carbons (Fsp3) is 0.550. The Kier molecular flexibility index (Phi) is 8.16. The summed E-state index contributed by atoms with van der Waals surface area (Å²) in [4.78, 5) is 12.1. The summed E-state index contributed by atoms with van der Waals surface area (Å²) in [6.45, 7) is -0.765. The topological polar surface area (TPSA) is 196 Å². The Morgan fingerprint density at radius 2 is 1.59 bits per heavy atom. The van der Waals surface area contributed by atoms with Gasteiger partial charge in [0.25, 0.3) is 0 Å². The van der Waals surface area contributed by atoms with Gasteiger partial charge in [0.15, 0.2) is 6.29 Å². The zero-order chi connectivity index (χ0) is 23.4. The number of aromatic hydroxyl groups is 1. The zero-order valence-corrected chi connectivity index (χ0v) is 16.7. The first-order chi connectivity index (χ1) is 15.2. The lowest BCUT2D eigenvalue weighted by Crippen LogP contribution is -2.60. The van der Waals surface area contributed by atoms with Crippen molar-refractivity contribution in [1.29, 1.82) is 0 Å². The van der Waals surface area contributed by atoms with Crippen LogP contribution < -0.4 is 0 Å². The van der Waals surface area contributed by atoms with Crippen LogP contribution in [-0.4, -0.2) is 110 Å². The number of aliphatic hydroxyl groups is 6. The van der Waals surface area contributed by atoms with Crippen LogP contribution in [0.5, 0.6) is 5.75 Å². The number of benzene rings is 1. The maximum absolute atomic E-state index is 12.1. The minimum atomic E-state index is -1.75. The second-order valence-electron chi connectivity index (χ2n) is 7.46. The van der Waals surface area contributed by atoms with E-state index in [2.05, 4.69) is 0 Å². The summed E-state index contributed by atoms with van der Waals surface area (Å²) in [7, 11) is 0. The van der Waals surface area contributed by atoms with E-state index in [0.717, 1.165) is 6.08 Å². The van der Waals surface area contributed by atoms with E-state index >= 15 is 0 Å². The number of phenolic OH excluding ortho intramolecular Hbond substituents is 1. The molecule has 7 N–H and O–H groups in total. The molecular formula is C20H26O12. The SMILES string of the molecule is O=C(/C=C/c1ccc(O)cc1)OC1OC(COC2OCC(O)C(O)C2O)C(O)C(O)C1O. The fourth-order valence-corrected chi connectivity index (χ4v) is 3.17. The highest BCUT2D eigenvalue weighted by atomic mass is 16.7. The molecule has 0 saturated carbocycles. The van der Waals surface area contributed by atoms with Crippen LogP contribution in [0.3, 0.4) is 0 Å². The van der Waals surface area contributed by atoms with Gasteiger partial charge in [-0.3, -0.25) is 0 Å². The highest BCUT2D eigenvalue weighted by Gasteiger charge is 2.46. The first kappa shape index (κ1) is 24.5. The third-order valence-electron chi connectivity index (χ3n) is 5.08. The van der Waals surface area contributed by atoms with Crippen LogP contribution >= 0.6 is 0 Å². The summed E-state index contributed by atoms with van der Waals surface area (Å²) in [6.07, 6.45) is -11.3. The summed E-state index contributed by atoms with van der Waals surface area (Å²) >= 11 is 0. The number of carbonyl (C=O) groups excluding carboxylic acids is 1. The zero-order valence-electron chi connectivity index (χ0n) is 16.7. The van der Waals surface area contributed by atoms with E-state index in [-0.39, 0.29) is 12.4 Å². The molecule has 12 nitrogen and oxygen atoms in total. The van der Waals surface area contributed by atoms with E-state index < -0.39 is 67.9 Å². The smallest absolute Gasteiger partial charge is 0.333 e. The van der Waals surface area contributed by atoms with Gasteiger partial charge in [-0.15, -0.1) is 0 Å². The number of rotatable bonds is 6. The molecule has 0 bridgehead atoms. The number of esters is 1. The molecule has 0 amide bonds. The molecule has 1 aromatic carbocycles. The van der Waals surface area contributed by atoms with Gasteiger partial charge in [-0.05, 0) is 23.8 Å². The van der Waals surface area contributed by atoms with Crippen LogP contribution in [0.15, 0.2) is 30.3 Å². The van der Waals surface area contributed by atoms with Crippen molar-refractivity contribution >= 4 is 12.0 Å². The molecule has 2 aliphatic heterocycles. The van der Waals surface area contributed by atoms with Gasteiger partial charge in [-0.1, -0.05) is 12.1 Å². The second-order valence-corrected chi connectivity index (χ2v) is 7.46. The lowest BCUT2D eigenvalue weighted by molar-refractivity contribution is -0.314. The molecule has 0 aliphatic carbocycles. The summed E-state index contributed by atoms with van der Waals surface area (Å²) in [5.41, 5.74) is 0.588. The normalized spacial score (nSPS) is 38.0. The molecule has 2 aliphatic rings. The van der Waals surface area contributed by atoms with Crippen molar-refractivity contribution in [3.8, 4) is 5.75 Å². The van der Waals surface area contributed by atoms with E-state index in [4.69, 9.17) is 18.9 Å². The Hall–Kier alpha value is -2.13. The summed E-state index contributed by atoms with van der Waals surface area (Å²) < 4.78 is 20.7. The molecule has 12 heteroatoms. The van der Waals surface area contributed by atoms with Crippen LogP contribution in [0, 0.1) is 0 Å². The second kappa shape index (κ2) is 10.7. The van der Waals surface area contributed by atoms with Crippen LogP contribution in [0.1, 0.15) is 5.56 Å². The minimum Gasteiger partial charge on any atom is -0.508 e. The van der Waals surface area contributed by atoms with Crippen molar-refractivity contribution in [1.82, 2.24) is 0 Å². The average molecular weight is 458 g/mol. The summed E-state index contributed by atoms with van der Waals surface area (Å²) in [5, 5.41) is 68.6. The molecule has 178 valence electrons. The Labute approximate surface area is 182 Å². The molecule has 2 fully saturated rings. The van der Waals surface area contributed by atoms with Crippen molar-refractivity contribution in [2.75, 3.05) is 13.2 Å². The van der Waals surface area contributed by atoms with E-state index in [1.165, 1.54) is 18.2 Å². The first-order valence-electron chi connectivity index (χ1n) is 9.82. The number of hydrogen-bond donors (Lipinski definition) is 7. The Morgan fingerprint density at radius 3 is 2.28 bits per heavy atom. The Balaban J connectivity index is 1.57. The van der Waals surface area contributed by atoms with Crippen molar-refractivity contribution < 1.29 is 59.5 Å². The summed E-state index contributed by atoms with van der Waals surface area (Å²) in [6, 6.07) is 5.95. The van der Waals surface area contributed by atoms with Crippen molar-refractivity contribution in [3.05, 3.63) is 35.9 Å². The molecule has 32 heavy (non-hydrogen) atoms. The van der Waals surface area contributed by atoms with Crippen LogP contribution in [-0.2, 0) is 23.7 Å². The fourth-order valence-electron chi connectivity index (χ4n) is 3.17. The number of ether oxygens (including phenoxy) is 4. The van der Waals surface area contributed by atoms with Gasteiger partial charge in [0.05, 0.1) is 13.2 Å². The molecule has 2 heterocycles. The van der Waals surface area contributed by atoms with Crippen molar-refractivity contribution in [2.24, 2.45) is 0 Å². The molecule has 0 aromatic heterocycles. The molecule has 0 spiro atoms. The number of hydrogen-bond acceptors (Lipinski definition) is 12. The van der Waals surface area contributed by atoms with Gasteiger partial charge in [0.1, 0.15) is 48.5 Å². The number of phenols is 1. The van der Waals surface area contributed by atoms with Gasteiger partial charge >= 0.3 is 5.97 Å². The van der Waals surface area contributed by atoms with Crippen molar-refractivity contribution in [2.45, 2.75) is 55.3 Å². The molecule has 3 rings (SSSR count). The average Bonchev–Trinajstić information content (AvgIpc) is 2.77. The first-order valence-corrected chi connectivity index (χ1v) is 9.82. The minimum absolute atomic E-state index is 0.0566. The highest BCUT2D eigenvalue weighted by Crippen LogP contribution is 2.24. The molecule has 1 aromatic rings. The Morgan fingerprint density at radius 1 is 0.938 bits per heavy atom. The molecular weight excluding hydrogens is 432 g/mol. The molecule has 0 radical (unpaired) electrons. The van der Waals surface area contributed by atoms with Crippen LogP contribution in [0.25, 0.3) is 6.08 Å². The lowest BCUT2D eigenvalue weighted by atomic mass is 9.99. The largest absolute Gasteiger partial charge is 0.508 e. The van der Waals surface area contributed by atoms with E-state index in [9.17, 15) is 40.5 Å². The lowest BCUT2D eigenvalue weighted by Gasteiger charge is -2.41. The van der Waals surface area contributed by atoms with Crippen molar-refractivity contribution in [3.63, 3.8) is 0 Å². The van der Waals surface area contributed by atoms with Gasteiger partial charge in [0.2, 0.25) is 6.29 Å². The molecule has 9 atom stereocenters. The van der Waals surface area contributed by atoms with Crippen LogP contribution in [0.4, 0.5) is 0 Å². The van der Waals surface area contributed by atoms with E-state index in [1.54, 1.807) is 12.1 Å². The maximum atomic E-state index is 12.1. The van der Waals surface area contributed by atoms with E-state index in [1.807, 2.05) is 0 Å². The monoisotopic (exact) mass is 458 g/mol. The third kappa shape index (κ3) is 5.81. The van der Waals surface area contributed by atoms with Gasteiger partial charge in [-0.2, -0.15) is 0 Å². The summed E-state index contributed by atoms with van der Waals surface area (Å²) in [5.74, 6) is -0.852. The number of carbonyl (C=O) groups is 1. The van der Waals surface area contributed by atoms with E-state index in [0.29, 0.717) is 5.56 Å². The third-order valence-corrected chi connectivity index (χ3v) is 5.08. The molecule has 2 saturated heterocycles. The highest BCUT2D eigenvalue weighted by molar-refractivity contribution is 5.87.